The van der Waals surface area contributed by atoms with E-state index in [2.05, 4.69) is 191 Å². The van der Waals surface area contributed by atoms with E-state index >= 15 is 0 Å². The lowest BCUT2D eigenvalue weighted by Gasteiger charge is -2.21. The average Bonchev–Trinajstić information content (AvgIpc) is 0.906. The van der Waals surface area contributed by atoms with Crippen molar-refractivity contribution in [1.29, 1.82) is 0 Å². The summed E-state index contributed by atoms with van der Waals surface area (Å²) in [5.41, 5.74) is 0. The van der Waals surface area contributed by atoms with Gasteiger partial charge in [-0.05, 0) is 154 Å². The minimum absolute atomic E-state index is 0.0158. The highest BCUT2D eigenvalue weighted by molar-refractivity contribution is 7.47. The Morgan fingerprint density at radius 2 is 0.495 bits per heavy atom. The number of hydrogen-bond donors (Lipinski definition) is 4. The molecule has 0 amide bonds. The molecule has 18 heteroatoms. The van der Waals surface area contributed by atoms with Crippen molar-refractivity contribution in [2.75, 3.05) is 39.6 Å². The third-order valence-electron chi connectivity index (χ3n) is 17.1. The van der Waals surface area contributed by atoms with Gasteiger partial charge in [0.1, 0.15) is 25.4 Å². The number of allylic oxidation sites excluding steroid dienone is 30. The third-order valence-corrected chi connectivity index (χ3v) is 19.0. The van der Waals surface area contributed by atoms with Crippen molar-refractivity contribution < 1.29 is 75.8 Å². The summed E-state index contributed by atoms with van der Waals surface area (Å²) < 4.78 is 61.2. The summed E-state index contributed by atoms with van der Waals surface area (Å²) >= 11 is 0. The van der Waals surface area contributed by atoms with Crippen LogP contribution in [0.3, 0.4) is 0 Å². The zero-order valence-corrected chi connectivity index (χ0v) is 69.7. The van der Waals surface area contributed by atoms with Gasteiger partial charge in [0.2, 0.25) is 0 Å². The molecule has 0 aromatic rings. The molecular formula is C91H150O16P2. The highest BCUT2D eigenvalue weighted by atomic mass is 31.2. The van der Waals surface area contributed by atoms with Gasteiger partial charge >= 0.3 is 33.6 Å². The first-order chi connectivity index (χ1) is 53.2. The molecule has 0 rings (SSSR count). The van der Waals surface area contributed by atoms with Gasteiger partial charge in [0.15, 0.2) is 6.10 Å². The van der Waals surface area contributed by atoms with Gasteiger partial charge in [0.05, 0.1) is 26.4 Å². The van der Waals surface area contributed by atoms with Crippen molar-refractivity contribution >= 4 is 33.6 Å². The smallest absolute Gasteiger partial charge is 0.463 e. The number of unbranched alkanes of at least 4 members (excludes halogenated alkanes) is 25. The van der Waals surface area contributed by atoms with Crippen LogP contribution in [-0.4, -0.2) is 95.9 Å². The number of aliphatic hydroxyl groups excluding tert-OH is 2. The molecule has 0 aromatic carbocycles. The van der Waals surface area contributed by atoms with E-state index in [1.807, 2.05) is 12.2 Å². The zero-order chi connectivity index (χ0) is 79.4. The maximum atomic E-state index is 13.0. The van der Waals surface area contributed by atoms with E-state index in [4.69, 9.17) is 32.3 Å². The van der Waals surface area contributed by atoms with Crippen LogP contribution in [0.2, 0.25) is 0 Å². The molecule has 620 valence electrons. The first-order valence-corrected chi connectivity index (χ1v) is 45.1. The summed E-state index contributed by atoms with van der Waals surface area (Å²) in [5, 5.41) is 20.7. The molecule has 5 unspecified atom stereocenters. The molecule has 5 atom stereocenters. The Balaban J connectivity index is 4.60. The lowest BCUT2D eigenvalue weighted by Crippen LogP contribution is -2.30. The van der Waals surface area contributed by atoms with Gasteiger partial charge in [-0.2, -0.15) is 0 Å². The molecule has 0 bridgehead atoms. The van der Waals surface area contributed by atoms with Crippen molar-refractivity contribution in [1.82, 2.24) is 0 Å². The Morgan fingerprint density at radius 3 is 0.798 bits per heavy atom. The highest BCUT2D eigenvalue weighted by Gasteiger charge is 2.29. The van der Waals surface area contributed by atoms with Crippen molar-refractivity contribution in [2.45, 2.75) is 334 Å². The van der Waals surface area contributed by atoms with E-state index in [9.17, 15) is 43.5 Å². The molecule has 0 fully saturated rings. The molecule has 0 spiro atoms. The van der Waals surface area contributed by atoms with Gasteiger partial charge < -0.3 is 34.2 Å². The first-order valence-electron chi connectivity index (χ1n) is 42.1. The van der Waals surface area contributed by atoms with Crippen LogP contribution < -0.4 is 0 Å². The monoisotopic (exact) mass is 1560 g/mol. The Labute approximate surface area is 662 Å². The van der Waals surface area contributed by atoms with E-state index < -0.39 is 91.5 Å². The average molecular weight is 1560 g/mol. The van der Waals surface area contributed by atoms with Crippen molar-refractivity contribution in [3.05, 3.63) is 182 Å². The number of carbonyl (C=O) groups excluding carboxylic acids is 3. The van der Waals surface area contributed by atoms with E-state index in [1.165, 1.54) is 103 Å². The van der Waals surface area contributed by atoms with Crippen LogP contribution in [0.25, 0.3) is 0 Å². The van der Waals surface area contributed by atoms with Crippen LogP contribution in [0, 0.1) is 0 Å². The fourth-order valence-electron chi connectivity index (χ4n) is 10.8. The van der Waals surface area contributed by atoms with Gasteiger partial charge in [-0.3, -0.25) is 32.5 Å². The standard InChI is InChI=1S/C91H150O16P2/c1-4-7-10-13-16-19-22-25-28-31-33-35-37-39-40-41-42-43-44-46-48-49-51-54-56-59-62-65-68-71-74-77-89(94)101-80-86(92)81-103-108(97,98)104-82-87(93)83-105-109(99,100)106-85-88(107-91(96)79-76-73-70-67-64-61-58-53-30-27-24-21-18-15-12-9-6-3)84-102-90(95)78-75-72-69-66-63-60-57-55-52-50-47-45-38-36-34-32-29-26-23-20-17-14-11-8-5-2/h8-9,11-12,16-21,25-30,33-36,39-40,45,47,52,55,58,61,67,70,86-88,92-93H,4-7,10,13-15,22-24,31-32,37-38,41-44,46,48-51,53-54,56-57,59-60,62-66,68-69,71-85H2,1-3H3,(H,97,98)(H,99,100)/b11-8-,12-9-,19-16-,20-17-,21-18-,28-25-,29-26-,30-27-,35-33-,36-34-,40-39-,47-45-,55-52-,61-58-,70-67-. The molecule has 0 saturated heterocycles. The van der Waals surface area contributed by atoms with Crippen molar-refractivity contribution in [3.63, 3.8) is 0 Å². The van der Waals surface area contributed by atoms with Crippen LogP contribution >= 0.6 is 15.6 Å². The summed E-state index contributed by atoms with van der Waals surface area (Å²) in [6.07, 6.45) is 107. The lowest BCUT2D eigenvalue weighted by molar-refractivity contribution is -0.161. The second-order valence-corrected chi connectivity index (χ2v) is 30.4. The minimum Gasteiger partial charge on any atom is -0.463 e. The molecule has 0 aliphatic rings. The molecule has 0 aliphatic carbocycles. The molecule has 16 nitrogen and oxygen atoms in total. The van der Waals surface area contributed by atoms with Crippen molar-refractivity contribution in [2.24, 2.45) is 0 Å². The topological polar surface area (TPSA) is 231 Å². The number of aliphatic hydroxyl groups is 2. The largest absolute Gasteiger partial charge is 0.472 e. The van der Waals surface area contributed by atoms with Crippen molar-refractivity contribution in [3.8, 4) is 0 Å². The van der Waals surface area contributed by atoms with Gasteiger partial charge in [-0.25, -0.2) is 9.13 Å². The van der Waals surface area contributed by atoms with E-state index in [-0.39, 0.29) is 19.3 Å². The molecule has 0 aromatic heterocycles. The van der Waals surface area contributed by atoms with Gasteiger partial charge in [0.25, 0.3) is 0 Å². The summed E-state index contributed by atoms with van der Waals surface area (Å²) in [5.74, 6) is -1.67. The summed E-state index contributed by atoms with van der Waals surface area (Å²) in [6, 6.07) is 0. The summed E-state index contributed by atoms with van der Waals surface area (Å²) in [6.45, 7) is 2.34. The van der Waals surface area contributed by atoms with Gasteiger partial charge in [-0.15, -0.1) is 0 Å². The van der Waals surface area contributed by atoms with Crippen LogP contribution in [0.4, 0.5) is 0 Å². The number of ether oxygens (including phenoxy) is 3. The van der Waals surface area contributed by atoms with Crippen LogP contribution in [0.1, 0.15) is 316 Å². The second-order valence-electron chi connectivity index (χ2n) is 27.5. The fourth-order valence-corrected chi connectivity index (χ4v) is 12.4. The molecule has 0 saturated carbocycles. The van der Waals surface area contributed by atoms with Gasteiger partial charge in [0, 0.05) is 19.3 Å². The number of esters is 3. The fraction of sp³-hybridized carbons (Fsp3) is 0.637. The molecule has 4 N–H and O–H groups in total. The highest BCUT2D eigenvalue weighted by Crippen LogP contribution is 2.45. The predicted molar refractivity (Wildman–Crippen MR) is 454 cm³/mol. The molecule has 0 radical (unpaired) electrons. The Bertz CT molecular complexity index is 2710. The lowest BCUT2D eigenvalue weighted by atomic mass is 10.0. The Hall–Kier alpha value is -5.35. The van der Waals surface area contributed by atoms with Gasteiger partial charge in [-0.1, -0.05) is 325 Å². The summed E-state index contributed by atoms with van der Waals surface area (Å²) in [4.78, 5) is 58.8. The van der Waals surface area contributed by atoms with E-state index in [0.717, 1.165) is 148 Å². The Morgan fingerprint density at radius 1 is 0.266 bits per heavy atom. The SMILES string of the molecule is CC/C=C\C/C=C\C/C=C\C/C=C\C/C=C\C/C=C\CCCCCCCCC(=O)OCC(COP(=O)(O)OCC(O)COP(=O)(O)OCC(O)COC(=O)CCCCCCCCCCCCCCCCC/C=C\C/C=C\C/C=C\C/C=C\CCCCC)OC(=O)CCC/C=C\C/C=C\C/C=C\C/C=C\C/C=C\CC. The van der Waals surface area contributed by atoms with Crippen LogP contribution in [0.15, 0.2) is 182 Å². The molecule has 0 aliphatic heterocycles. The quantitative estimate of drug-likeness (QED) is 0.0146. The minimum atomic E-state index is -4.96. The maximum Gasteiger partial charge on any atom is 0.472 e. The van der Waals surface area contributed by atoms with E-state index in [0.29, 0.717) is 25.7 Å². The Kier molecular flexibility index (Phi) is 78.1. The zero-order valence-electron chi connectivity index (χ0n) is 67.9. The number of phosphoric acid groups is 2. The maximum absolute atomic E-state index is 13.0. The number of rotatable bonds is 78. The third kappa shape index (κ3) is 83.4. The first kappa shape index (κ1) is 104. The van der Waals surface area contributed by atoms with Crippen LogP contribution in [0.5, 0.6) is 0 Å². The second kappa shape index (κ2) is 82.1. The summed E-state index contributed by atoms with van der Waals surface area (Å²) in [7, 11) is -9.83. The predicted octanol–water partition coefficient (Wildman–Crippen LogP) is 25.3. The molecular weight excluding hydrogens is 1410 g/mol. The number of carbonyl (C=O) groups is 3. The molecule has 0 heterocycles. The number of hydrogen-bond acceptors (Lipinski definition) is 14. The van der Waals surface area contributed by atoms with Crippen LogP contribution in [-0.2, 0) is 55.8 Å². The normalized spacial score (nSPS) is 14.8. The number of phosphoric ester groups is 2. The molecule has 109 heavy (non-hydrogen) atoms. The van der Waals surface area contributed by atoms with E-state index in [1.54, 1.807) is 0 Å².